The van der Waals surface area contributed by atoms with E-state index in [4.69, 9.17) is 16.3 Å². The van der Waals surface area contributed by atoms with Gasteiger partial charge >= 0.3 is 5.97 Å². The molecule has 0 saturated carbocycles. The molecule has 0 aliphatic heterocycles. The predicted octanol–water partition coefficient (Wildman–Crippen LogP) is 3.32. The molecule has 1 aliphatic rings. The molecule has 1 aromatic carbocycles. The van der Waals surface area contributed by atoms with Crippen LogP contribution in [-0.2, 0) is 16.0 Å². The summed E-state index contributed by atoms with van der Waals surface area (Å²) in [6.45, 7) is 1.95. The Labute approximate surface area is 101 Å². The molecule has 1 aromatic rings. The van der Waals surface area contributed by atoms with Crippen molar-refractivity contribution in [1.82, 2.24) is 0 Å². The first kappa shape index (κ1) is 11.5. The fourth-order valence-electron chi connectivity index (χ4n) is 2.34. The summed E-state index contributed by atoms with van der Waals surface area (Å²) < 4.78 is 4.98. The molecule has 3 heteroatoms. The molecule has 0 fully saturated rings. The highest BCUT2D eigenvalue weighted by Crippen LogP contribution is 2.38. The van der Waals surface area contributed by atoms with Gasteiger partial charge in [-0.05, 0) is 42.4 Å². The number of halogens is 1. The van der Waals surface area contributed by atoms with Crippen LogP contribution in [0.5, 0.6) is 0 Å². The van der Waals surface area contributed by atoms with E-state index in [0.29, 0.717) is 12.5 Å². The van der Waals surface area contributed by atoms with E-state index in [1.54, 1.807) is 0 Å². The van der Waals surface area contributed by atoms with Crippen molar-refractivity contribution in [2.45, 2.75) is 32.1 Å². The number of carbonyl (C=O) groups is 1. The summed E-state index contributed by atoms with van der Waals surface area (Å²) >= 11 is 6.13. The molecular formula is C13H15ClO2. The van der Waals surface area contributed by atoms with Gasteiger partial charge in [0.25, 0.3) is 0 Å². The standard InChI is InChI=1S/C13H15ClO2/c1-9(15)16-8-7-10-5-6-12-11(10)3-2-4-13(12)14/h2-4,10H,5-8H2,1H3. The number of hydrogen-bond donors (Lipinski definition) is 0. The summed E-state index contributed by atoms with van der Waals surface area (Å²) in [4.78, 5) is 10.7. The number of fused-ring (bicyclic) bond motifs is 1. The minimum atomic E-state index is -0.204. The highest BCUT2D eigenvalue weighted by atomic mass is 35.5. The second-order valence-corrected chi connectivity index (χ2v) is 4.58. The van der Waals surface area contributed by atoms with Crippen molar-refractivity contribution in [2.24, 2.45) is 0 Å². The van der Waals surface area contributed by atoms with Crippen molar-refractivity contribution in [3.63, 3.8) is 0 Å². The molecule has 0 amide bonds. The lowest BCUT2D eigenvalue weighted by molar-refractivity contribution is -0.141. The second-order valence-electron chi connectivity index (χ2n) is 4.17. The summed E-state index contributed by atoms with van der Waals surface area (Å²) in [6.07, 6.45) is 3.05. The van der Waals surface area contributed by atoms with Gasteiger partial charge in [0, 0.05) is 11.9 Å². The molecule has 1 aliphatic carbocycles. The van der Waals surface area contributed by atoms with Crippen LogP contribution >= 0.6 is 11.6 Å². The third-order valence-electron chi connectivity index (χ3n) is 3.11. The normalized spacial score (nSPS) is 18.2. The molecule has 86 valence electrons. The van der Waals surface area contributed by atoms with Crippen LogP contribution in [0.2, 0.25) is 5.02 Å². The van der Waals surface area contributed by atoms with Crippen LogP contribution in [0.25, 0.3) is 0 Å². The lowest BCUT2D eigenvalue weighted by Crippen LogP contribution is -2.04. The molecule has 0 saturated heterocycles. The zero-order valence-corrected chi connectivity index (χ0v) is 10.1. The van der Waals surface area contributed by atoms with E-state index < -0.39 is 0 Å². The van der Waals surface area contributed by atoms with Crippen molar-refractivity contribution < 1.29 is 9.53 Å². The maximum absolute atomic E-state index is 10.7. The van der Waals surface area contributed by atoms with Gasteiger partial charge in [-0.2, -0.15) is 0 Å². The van der Waals surface area contributed by atoms with Crippen molar-refractivity contribution >= 4 is 17.6 Å². The van der Waals surface area contributed by atoms with Gasteiger partial charge in [0.2, 0.25) is 0 Å². The molecule has 0 bridgehead atoms. The lowest BCUT2D eigenvalue weighted by Gasteiger charge is -2.11. The van der Waals surface area contributed by atoms with Crippen LogP contribution in [0.4, 0.5) is 0 Å². The van der Waals surface area contributed by atoms with Crippen LogP contribution in [0.3, 0.4) is 0 Å². The Bertz CT molecular complexity index is 401. The fourth-order valence-corrected chi connectivity index (χ4v) is 2.62. The molecule has 0 N–H and O–H groups in total. The highest BCUT2D eigenvalue weighted by molar-refractivity contribution is 6.31. The minimum absolute atomic E-state index is 0.204. The Balaban J connectivity index is 2.01. The molecule has 0 aromatic heterocycles. The van der Waals surface area contributed by atoms with Gasteiger partial charge in [-0.1, -0.05) is 23.7 Å². The number of rotatable bonds is 3. The Hall–Kier alpha value is -1.02. The van der Waals surface area contributed by atoms with Crippen LogP contribution in [0.15, 0.2) is 18.2 Å². The lowest BCUT2D eigenvalue weighted by atomic mass is 9.98. The van der Waals surface area contributed by atoms with Crippen LogP contribution < -0.4 is 0 Å². The van der Waals surface area contributed by atoms with E-state index in [0.717, 1.165) is 24.3 Å². The van der Waals surface area contributed by atoms with Crippen molar-refractivity contribution in [2.75, 3.05) is 6.61 Å². The Morgan fingerprint density at radius 1 is 1.56 bits per heavy atom. The van der Waals surface area contributed by atoms with E-state index in [9.17, 15) is 4.79 Å². The van der Waals surface area contributed by atoms with Crippen LogP contribution in [0, 0.1) is 0 Å². The fraction of sp³-hybridized carbons (Fsp3) is 0.462. The summed E-state index contributed by atoms with van der Waals surface area (Å²) in [6, 6.07) is 6.06. The topological polar surface area (TPSA) is 26.3 Å². The van der Waals surface area contributed by atoms with Gasteiger partial charge in [-0.25, -0.2) is 0 Å². The van der Waals surface area contributed by atoms with E-state index in [2.05, 4.69) is 6.07 Å². The highest BCUT2D eigenvalue weighted by Gasteiger charge is 2.23. The molecular weight excluding hydrogens is 224 g/mol. The van der Waals surface area contributed by atoms with E-state index in [1.165, 1.54) is 18.1 Å². The maximum Gasteiger partial charge on any atom is 0.302 e. The van der Waals surface area contributed by atoms with Gasteiger partial charge in [0.05, 0.1) is 6.61 Å². The SMILES string of the molecule is CC(=O)OCCC1CCc2c(Cl)cccc21. The molecule has 1 atom stereocenters. The third-order valence-corrected chi connectivity index (χ3v) is 3.46. The number of benzene rings is 1. The van der Waals surface area contributed by atoms with Crippen molar-refractivity contribution in [1.29, 1.82) is 0 Å². The molecule has 2 rings (SSSR count). The molecule has 0 spiro atoms. The second kappa shape index (κ2) is 4.88. The number of ether oxygens (including phenoxy) is 1. The zero-order chi connectivity index (χ0) is 11.5. The van der Waals surface area contributed by atoms with Crippen molar-refractivity contribution in [3.8, 4) is 0 Å². The third kappa shape index (κ3) is 2.38. The average molecular weight is 239 g/mol. The van der Waals surface area contributed by atoms with E-state index in [-0.39, 0.29) is 5.97 Å². The summed E-state index contributed by atoms with van der Waals surface area (Å²) in [5, 5.41) is 0.868. The predicted molar refractivity (Wildman–Crippen MR) is 63.8 cm³/mol. The first-order chi connectivity index (χ1) is 7.68. The average Bonchev–Trinajstić information content (AvgIpc) is 2.63. The zero-order valence-electron chi connectivity index (χ0n) is 9.33. The quantitative estimate of drug-likeness (QED) is 0.755. The summed E-state index contributed by atoms with van der Waals surface area (Å²) in [7, 11) is 0. The first-order valence-electron chi connectivity index (χ1n) is 5.59. The molecule has 2 nitrogen and oxygen atoms in total. The van der Waals surface area contributed by atoms with Gasteiger partial charge in [-0.3, -0.25) is 4.79 Å². The van der Waals surface area contributed by atoms with E-state index >= 15 is 0 Å². The van der Waals surface area contributed by atoms with Gasteiger partial charge < -0.3 is 4.74 Å². The van der Waals surface area contributed by atoms with E-state index in [1.807, 2.05) is 12.1 Å². The molecule has 0 heterocycles. The van der Waals surface area contributed by atoms with Gasteiger partial charge in [0.1, 0.15) is 0 Å². The number of hydrogen-bond acceptors (Lipinski definition) is 2. The molecule has 16 heavy (non-hydrogen) atoms. The first-order valence-corrected chi connectivity index (χ1v) is 5.97. The Morgan fingerprint density at radius 3 is 3.12 bits per heavy atom. The maximum atomic E-state index is 10.7. The monoisotopic (exact) mass is 238 g/mol. The Kier molecular flexibility index (Phi) is 3.49. The van der Waals surface area contributed by atoms with Crippen molar-refractivity contribution in [3.05, 3.63) is 34.3 Å². The Morgan fingerprint density at radius 2 is 2.38 bits per heavy atom. The number of esters is 1. The van der Waals surface area contributed by atoms with Crippen LogP contribution in [0.1, 0.15) is 36.8 Å². The minimum Gasteiger partial charge on any atom is -0.466 e. The molecule has 1 unspecified atom stereocenters. The number of carbonyl (C=O) groups excluding carboxylic acids is 1. The molecule has 0 radical (unpaired) electrons. The van der Waals surface area contributed by atoms with Gasteiger partial charge in [-0.15, -0.1) is 0 Å². The largest absolute Gasteiger partial charge is 0.466 e. The van der Waals surface area contributed by atoms with Crippen LogP contribution in [-0.4, -0.2) is 12.6 Å². The smallest absolute Gasteiger partial charge is 0.302 e. The summed E-state index contributed by atoms with van der Waals surface area (Å²) in [5.41, 5.74) is 2.61. The summed E-state index contributed by atoms with van der Waals surface area (Å²) in [5.74, 6) is 0.289. The van der Waals surface area contributed by atoms with Gasteiger partial charge in [0.15, 0.2) is 0 Å².